The van der Waals surface area contributed by atoms with E-state index in [0.29, 0.717) is 12.5 Å². The third kappa shape index (κ3) is 1.47. The molecule has 0 fully saturated rings. The maximum absolute atomic E-state index is 6.12. The SMILES string of the molecule is CC(CN)C1=CCc2c(Cl)cccc21. The minimum Gasteiger partial charge on any atom is -0.330 e. The van der Waals surface area contributed by atoms with Gasteiger partial charge in [-0.05, 0) is 41.6 Å². The molecule has 0 spiro atoms. The average Bonchev–Trinajstić information content (AvgIpc) is 2.62. The highest BCUT2D eigenvalue weighted by Gasteiger charge is 2.19. The van der Waals surface area contributed by atoms with Crippen molar-refractivity contribution in [1.29, 1.82) is 0 Å². The van der Waals surface area contributed by atoms with Crippen molar-refractivity contribution in [1.82, 2.24) is 0 Å². The summed E-state index contributed by atoms with van der Waals surface area (Å²) in [6, 6.07) is 6.08. The zero-order valence-electron chi connectivity index (χ0n) is 8.26. The normalized spacial score (nSPS) is 16.4. The molecule has 0 bridgehead atoms. The largest absolute Gasteiger partial charge is 0.330 e. The minimum absolute atomic E-state index is 0.426. The Bertz CT molecular complexity index is 382. The molecule has 2 heteroatoms. The third-order valence-corrected chi connectivity index (χ3v) is 3.19. The fraction of sp³-hybridized carbons (Fsp3) is 0.333. The van der Waals surface area contributed by atoms with Gasteiger partial charge in [0.15, 0.2) is 0 Å². The van der Waals surface area contributed by atoms with Crippen LogP contribution in [-0.4, -0.2) is 6.54 Å². The first-order valence-corrected chi connectivity index (χ1v) is 5.29. The van der Waals surface area contributed by atoms with E-state index in [1.165, 1.54) is 16.7 Å². The van der Waals surface area contributed by atoms with Crippen molar-refractivity contribution in [2.24, 2.45) is 11.7 Å². The number of benzene rings is 1. The van der Waals surface area contributed by atoms with Gasteiger partial charge in [0.1, 0.15) is 0 Å². The van der Waals surface area contributed by atoms with E-state index in [4.69, 9.17) is 17.3 Å². The van der Waals surface area contributed by atoms with Crippen molar-refractivity contribution < 1.29 is 0 Å². The van der Waals surface area contributed by atoms with Crippen LogP contribution in [-0.2, 0) is 6.42 Å². The van der Waals surface area contributed by atoms with E-state index in [9.17, 15) is 0 Å². The minimum atomic E-state index is 0.426. The van der Waals surface area contributed by atoms with Gasteiger partial charge in [0.05, 0.1) is 0 Å². The van der Waals surface area contributed by atoms with E-state index >= 15 is 0 Å². The van der Waals surface area contributed by atoms with Crippen LogP contribution in [0.5, 0.6) is 0 Å². The van der Waals surface area contributed by atoms with Crippen LogP contribution in [0.2, 0.25) is 5.02 Å². The summed E-state index contributed by atoms with van der Waals surface area (Å²) in [7, 11) is 0. The molecule has 1 aromatic carbocycles. The number of nitrogens with two attached hydrogens (primary N) is 1. The summed E-state index contributed by atoms with van der Waals surface area (Å²) in [5.74, 6) is 0.426. The van der Waals surface area contributed by atoms with Gasteiger partial charge in [-0.3, -0.25) is 0 Å². The van der Waals surface area contributed by atoms with Crippen LogP contribution < -0.4 is 5.73 Å². The van der Waals surface area contributed by atoms with E-state index in [1.807, 2.05) is 12.1 Å². The summed E-state index contributed by atoms with van der Waals surface area (Å²) < 4.78 is 0. The molecule has 1 aliphatic rings. The van der Waals surface area contributed by atoms with E-state index in [2.05, 4.69) is 19.1 Å². The maximum atomic E-state index is 6.12. The Morgan fingerprint density at radius 1 is 1.50 bits per heavy atom. The van der Waals surface area contributed by atoms with Crippen LogP contribution in [0.25, 0.3) is 5.57 Å². The van der Waals surface area contributed by atoms with Crippen molar-refractivity contribution >= 4 is 17.2 Å². The zero-order valence-corrected chi connectivity index (χ0v) is 9.01. The molecule has 0 aliphatic heterocycles. The van der Waals surface area contributed by atoms with Gasteiger partial charge in [-0.1, -0.05) is 36.7 Å². The molecule has 0 aromatic heterocycles. The molecule has 0 heterocycles. The molecule has 0 saturated carbocycles. The lowest BCUT2D eigenvalue weighted by Crippen LogP contribution is -2.11. The number of allylic oxidation sites excluding steroid dienone is 1. The molecule has 1 unspecified atom stereocenters. The summed E-state index contributed by atoms with van der Waals surface area (Å²) in [6.07, 6.45) is 3.20. The van der Waals surface area contributed by atoms with Crippen LogP contribution in [0.15, 0.2) is 24.3 Å². The molecule has 0 saturated heterocycles. The smallest absolute Gasteiger partial charge is 0.0447 e. The van der Waals surface area contributed by atoms with Gasteiger partial charge in [-0.2, -0.15) is 0 Å². The van der Waals surface area contributed by atoms with Crippen molar-refractivity contribution in [2.45, 2.75) is 13.3 Å². The van der Waals surface area contributed by atoms with Gasteiger partial charge >= 0.3 is 0 Å². The van der Waals surface area contributed by atoms with Crippen LogP contribution >= 0.6 is 11.6 Å². The van der Waals surface area contributed by atoms with Gasteiger partial charge in [0.2, 0.25) is 0 Å². The summed E-state index contributed by atoms with van der Waals surface area (Å²) in [6.45, 7) is 2.85. The lowest BCUT2D eigenvalue weighted by Gasteiger charge is -2.12. The van der Waals surface area contributed by atoms with Crippen LogP contribution in [0, 0.1) is 5.92 Å². The molecular weight excluding hydrogens is 194 g/mol. The molecule has 14 heavy (non-hydrogen) atoms. The van der Waals surface area contributed by atoms with Gasteiger partial charge in [0, 0.05) is 5.02 Å². The predicted octanol–water partition coefficient (Wildman–Crippen LogP) is 2.87. The molecule has 0 radical (unpaired) electrons. The fourth-order valence-corrected chi connectivity index (χ4v) is 2.20. The van der Waals surface area contributed by atoms with Crippen LogP contribution in [0.4, 0.5) is 0 Å². The third-order valence-electron chi connectivity index (χ3n) is 2.84. The van der Waals surface area contributed by atoms with Crippen molar-refractivity contribution in [3.05, 3.63) is 40.4 Å². The summed E-state index contributed by atoms with van der Waals surface area (Å²) >= 11 is 6.12. The van der Waals surface area contributed by atoms with Gasteiger partial charge in [0.25, 0.3) is 0 Å². The van der Waals surface area contributed by atoms with Crippen LogP contribution in [0.3, 0.4) is 0 Å². The highest BCUT2D eigenvalue weighted by atomic mass is 35.5. The maximum Gasteiger partial charge on any atom is 0.0447 e. The number of fused-ring (bicyclic) bond motifs is 1. The number of hydrogen-bond acceptors (Lipinski definition) is 1. The molecule has 1 nitrogen and oxygen atoms in total. The van der Waals surface area contributed by atoms with Gasteiger partial charge in [-0.25, -0.2) is 0 Å². The zero-order chi connectivity index (χ0) is 10.1. The Labute approximate surface area is 89.6 Å². The standard InChI is InChI=1S/C12H14ClN/c1-8(7-14)9-5-6-11-10(9)3-2-4-12(11)13/h2-5,8H,6-7,14H2,1H3. The molecule has 1 aliphatic carbocycles. The Hall–Kier alpha value is -0.790. The van der Waals surface area contributed by atoms with E-state index in [0.717, 1.165) is 11.4 Å². The number of hydrogen-bond donors (Lipinski definition) is 1. The Kier molecular flexibility index (Phi) is 2.62. The number of rotatable bonds is 2. The monoisotopic (exact) mass is 207 g/mol. The van der Waals surface area contributed by atoms with E-state index in [-0.39, 0.29) is 0 Å². The molecule has 1 atom stereocenters. The Balaban J connectivity index is 2.42. The second-order valence-electron chi connectivity index (χ2n) is 3.77. The topological polar surface area (TPSA) is 26.0 Å². The van der Waals surface area contributed by atoms with E-state index < -0.39 is 0 Å². The van der Waals surface area contributed by atoms with Gasteiger partial charge in [-0.15, -0.1) is 0 Å². The molecule has 0 amide bonds. The molecule has 1 aromatic rings. The first-order chi connectivity index (χ1) is 6.74. The molecule has 2 N–H and O–H groups in total. The van der Waals surface area contributed by atoms with Crippen molar-refractivity contribution in [3.8, 4) is 0 Å². The molecular formula is C12H14ClN. The lowest BCUT2D eigenvalue weighted by molar-refractivity contribution is 0.761. The highest BCUT2D eigenvalue weighted by molar-refractivity contribution is 6.31. The quantitative estimate of drug-likeness (QED) is 0.793. The Morgan fingerprint density at radius 2 is 2.29 bits per heavy atom. The number of halogens is 1. The van der Waals surface area contributed by atoms with E-state index in [1.54, 1.807) is 0 Å². The average molecular weight is 208 g/mol. The second-order valence-corrected chi connectivity index (χ2v) is 4.17. The first-order valence-electron chi connectivity index (χ1n) is 4.92. The van der Waals surface area contributed by atoms with Crippen LogP contribution in [0.1, 0.15) is 18.1 Å². The van der Waals surface area contributed by atoms with Crippen molar-refractivity contribution in [2.75, 3.05) is 6.54 Å². The Morgan fingerprint density at radius 3 is 3.00 bits per heavy atom. The first kappa shape index (κ1) is 9.75. The van der Waals surface area contributed by atoms with Gasteiger partial charge < -0.3 is 5.73 Å². The van der Waals surface area contributed by atoms with Crippen molar-refractivity contribution in [3.63, 3.8) is 0 Å². The highest BCUT2D eigenvalue weighted by Crippen LogP contribution is 2.35. The fourth-order valence-electron chi connectivity index (χ4n) is 1.95. The lowest BCUT2D eigenvalue weighted by atomic mass is 9.95. The molecule has 2 rings (SSSR count). The summed E-state index contributed by atoms with van der Waals surface area (Å²) in [4.78, 5) is 0. The second kappa shape index (κ2) is 3.76. The summed E-state index contributed by atoms with van der Waals surface area (Å²) in [5, 5.41) is 0.873. The summed E-state index contributed by atoms with van der Waals surface area (Å²) in [5.41, 5.74) is 9.57. The predicted molar refractivity (Wildman–Crippen MR) is 61.4 cm³/mol. The molecule has 74 valence electrons.